The van der Waals surface area contributed by atoms with Gasteiger partial charge in [-0.25, -0.2) is 0 Å². The van der Waals surface area contributed by atoms with Crippen LogP contribution in [0.2, 0.25) is 0 Å². The van der Waals surface area contributed by atoms with Crippen molar-refractivity contribution >= 4 is 34.9 Å². The number of carbonyl (C=O) groups is 3. The zero-order valence-electron chi connectivity index (χ0n) is 17.1. The van der Waals surface area contributed by atoms with Crippen molar-refractivity contribution in [2.24, 2.45) is 0 Å². The van der Waals surface area contributed by atoms with Gasteiger partial charge in [-0.1, -0.05) is 0 Å². The van der Waals surface area contributed by atoms with Crippen LogP contribution < -0.4 is 9.47 Å². The number of likely N-dealkylation sites (tertiary alicyclic amines) is 1. The van der Waals surface area contributed by atoms with Gasteiger partial charge >= 0.3 is 0 Å². The zero-order valence-corrected chi connectivity index (χ0v) is 17.9. The Morgan fingerprint density at radius 2 is 2.07 bits per heavy atom. The van der Waals surface area contributed by atoms with Crippen LogP contribution in [0.3, 0.4) is 0 Å². The molecule has 0 radical (unpaired) electrons. The molecule has 2 saturated heterocycles. The number of hydrogen-bond donors (Lipinski definition) is 1. The van der Waals surface area contributed by atoms with E-state index in [4.69, 9.17) is 9.47 Å². The fraction of sp³-hybridized carbons (Fsp3) is 0.476. The van der Waals surface area contributed by atoms with Gasteiger partial charge in [-0.05, 0) is 61.7 Å². The fourth-order valence-electron chi connectivity index (χ4n) is 3.73. The van der Waals surface area contributed by atoms with Gasteiger partial charge in [0.25, 0.3) is 11.1 Å². The Morgan fingerprint density at radius 3 is 2.77 bits per heavy atom. The number of imide groups is 1. The standard InChI is InChI=1S/C21H26N2O6S/c1-28-16-6-7-17(29-2)14(11-16)12-18-20(26)23(21(27)30-18)13-19(25)22-9-4-3-5-15(22)8-10-24/h6-7,11-12,15,24H,3-5,8-10,13H2,1-2H3/b18-12-/t15-/m0/s1. The molecule has 2 aliphatic rings. The summed E-state index contributed by atoms with van der Waals surface area (Å²) in [5, 5.41) is 8.78. The summed E-state index contributed by atoms with van der Waals surface area (Å²) in [6.45, 7) is 0.289. The predicted molar refractivity (Wildman–Crippen MR) is 113 cm³/mol. The maximum absolute atomic E-state index is 12.8. The third-order valence-corrected chi connectivity index (χ3v) is 6.21. The lowest BCUT2D eigenvalue weighted by atomic mass is 9.99. The van der Waals surface area contributed by atoms with Crippen LogP contribution in [0.15, 0.2) is 23.1 Å². The number of aliphatic hydroxyl groups is 1. The molecule has 162 valence electrons. The van der Waals surface area contributed by atoms with E-state index in [-0.39, 0.29) is 30.0 Å². The average molecular weight is 435 g/mol. The van der Waals surface area contributed by atoms with E-state index in [1.54, 1.807) is 29.2 Å². The van der Waals surface area contributed by atoms with E-state index in [0.29, 0.717) is 30.0 Å². The molecular weight excluding hydrogens is 408 g/mol. The lowest BCUT2D eigenvalue weighted by Gasteiger charge is -2.36. The second kappa shape index (κ2) is 9.99. The highest BCUT2D eigenvalue weighted by Gasteiger charge is 2.38. The number of carbonyl (C=O) groups excluding carboxylic acids is 3. The molecule has 30 heavy (non-hydrogen) atoms. The number of piperidine rings is 1. The Bertz CT molecular complexity index is 854. The molecule has 0 spiro atoms. The van der Waals surface area contributed by atoms with Crippen LogP contribution in [0.25, 0.3) is 6.08 Å². The number of aliphatic hydroxyl groups excluding tert-OH is 1. The molecule has 8 nitrogen and oxygen atoms in total. The molecular formula is C21H26N2O6S. The number of thioether (sulfide) groups is 1. The van der Waals surface area contributed by atoms with Crippen molar-refractivity contribution in [2.75, 3.05) is 33.9 Å². The topological polar surface area (TPSA) is 96.4 Å². The number of rotatable bonds is 7. The first-order valence-corrected chi connectivity index (χ1v) is 10.7. The van der Waals surface area contributed by atoms with Crippen molar-refractivity contribution in [3.63, 3.8) is 0 Å². The highest BCUT2D eigenvalue weighted by Crippen LogP contribution is 2.35. The molecule has 1 N–H and O–H groups in total. The quantitative estimate of drug-likeness (QED) is 0.659. The molecule has 3 rings (SSSR count). The van der Waals surface area contributed by atoms with E-state index in [1.165, 1.54) is 14.2 Å². The Kier molecular flexibility index (Phi) is 7.38. The molecule has 0 bridgehead atoms. The summed E-state index contributed by atoms with van der Waals surface area (Å²) in [5.41, 5.74) is 0.604. The first kappa shape index (κ1) is 22.2. The molecule has 2 aliphatic heterocycles. The van der Waals surface area contributed by atoms with E-state index >= 15 is 0 Å². The Morgan fingerprint density at radius 1 is 1.27 bits per heavy atom. The Balaban J connectivity index is 1.76. The van der Waals surface area contributed by atoms with E-state index in [9.17, 15) is 19.5 Å². The van der Waals surface area contributed by atoms with Gasteiger partial charge in [0.2, 0.25) is 5.91 Å². The molecule has 1 atom stereocenters. The minimum Gasteiger partial charge on any atom is -0.497 e. The third kappa shape index (κ3) is 4.79. The molecule has 0 aromatic heterocycles. The van der Waals surface area contributed by atoms with Crippen molar-refractivity contribution in [3.05, 3.63) is 28.7 Å². The smallest absolute Gasteiger partial charge is 0.294 e. The van der Waals surface area contributed by atoms with Crippen LogP contribution in [0.5, 0.6) is 11.5 Å². The van der Waals surface area contributed by atoms with Crippen molar-refractivity contribution in [1.29, 1.82) is 0 Å². The summed E-state index contributed by atoms with van der Waals surface area (Å²) in [5.74, 6) is 0.366. The van der Waals surface area contributed by atoms with Crippen molar-refractivity contribution in [1.82, 2.24) is 9.80 Å². The third-order valence-electron chi connectivity index (χ3n) is 5.30. The van der Waals surface area contributed by atoms with Gasteiger partial charge in [0.1, 0.15) is 18.0 Å². The number of methoxy groups -OCH3 is 2. The van der Waals surface area contributed by atoms with E-state index < -0.39 is 11.1 Å². The lowest BCUT2D eigenvalue weighted by molar-refractivity contribution is -0.139. The van der Waals surface area contributed by atoms with E-state index in [0.717, 1.165) is 35.9 Å². The van der Waals surface area contributed by atoms with Gasteiger partial charge in [-0.15, -0.1) is 0 Å². The van der Waals surface area contributed by atoms with Crippen LogP contribution in [0.4, 0.5) is 4.79 Å². The molecule has 3 amide bonds. The molecule has 9 heteroatoms. The lowest BCUT2D eigenvalue weighted by Crippen LogP contribution is -2.49. The minimum atomic E-state index is -0.501. The second-order valence-electron chi connectivity index (χ2n) is 7.12. The first-order chi connectivity index (χ1) is 14.5. The summed E-state index contributed by atoms with van der Waals surface area (Å²) in [4.78, 5) is 41.0. The summed E-state index contributed by atoms with van der Waals surface area (Å²) < 4.78 is 10.5. The van der Waals surface area contributed by atoms with Crippen LogP contribution in [0, 0.1) is 0 Å². The largest absolute Gasteiger partial charge is 0.497 e. The van der Waals surface area contributed by atoms with Gasteiger partial charge in [0, 0.05) is 24.8 Å². The Hall–Kier alpha value is -2.52. The fourth-order valence-corrected chi connectivity index (χ4v) is 4.56. The van der Waals surface area contributed by atoms with Gasteiger partial charge in [0.15, 0.2) is 0 Å². The highest BCUT2D eigenvalue weighted by atomic mass is 32.2. The molecule has 2 fully saturated rings. The van der Waals surface area contributed by atoms with Crippen molar-refractivity contribution in [3.8, 4) is 11.5 Å². The summed E-state index contributed by atoms with van der Waals surface area (Å²) in [6.07, 6.45) is 4.78. The monoisotopic (exact) mass is 434 g/mol. The number of benzene rings is 1. The number of amides is 3. The number of ether oxygens (including phenoxy) is 2. The van der Waals surface area contributed by atoms with E-state index in [2.05, 4.69) is 0 Å². The highest BCUT2D eigenvalue weighted by molar-refractivity contribution is 8.18. The molecule has 1 aromatic carbocycles. The summed E-state index contributed by atoms with van der Waals surface area (Å²) >= 11 is 0.800. The normalized spacial score (nSPS) is 20.8. The van der Waals surface area contributed by atoms with Gasteiger partial charge in [-0.3, -0.25) is 19.3 Å². The Labute approximate surface area is 179 Å². The number of hydrogen-bond acceptors (Lipinski definition) is 7. The van der Waals surface area contributed by atoms with Crippen LogP contribution >= 0.6 is 11.8 Å². The SMILES string of the molecule is COc1ccc(OC)c(/C=C2\SC(=O)N(CC(=O)N3CCCC[C@H]3CCO)C2=O)c1. The molecule has 2 heterocycles. The average Bonchev–Trinajstić information content (AvgIpc) is 3.01. The van der Waals surface area contributed by atoms with Gasteiger partial charge in [0.05, 0.1) is 19.1 Å². The zero-order chi connectivity index (χ0) is 21.7. The van der Waals surface area contributed by atoms with Crippen LogP contribution in [0.1, 0.15) is 31.2 Å². The second-order valence-corrected chi connectivity index (χ2v) is 8.12. The van der Waals surface area contributed by atoms with Crippen LogP contribution in [-0.4, -0.2) is 71.9 Å². The molecule has 0 unspecified atom stereocenters. The molecule has 0 aliphatic carbocycles. The molecule has 0 saturated carbocycles. The van der Waals surface area contributed by atoms with Crippen LogP contribution in [-0.2, 0) is 9.59 Å². The van der Waals surface area contributed by atoms with Crippen molar-refractivity contribution in [2.45, 2.75) is 31.7 Å². The first-order valence-electron chi connectivity index (χ1n) is 9.86. The number of nitrogens with zero attached hydrogens (tertiary/aromatic N) is 2. The predicted octanol–water partition coefficient (Wildman–Crippen LogP) is 2.50. The van der Waals surface area contributed by atoms with Gasteiger partial charge < -0.3 is 19.5 Å². The maximum Gasteiger partial charge on any atom is 0.294 e. The summed E-state index contributed by atoms with van der Waals surface area (Å²) in [7, 11) is 3.06. The van der Waals surface area contributed by atoms with E-state index in [1.807, 2.05) is 0 Å². The summed E-state index contributed by atoms with van der Waals surface area (Å²) in [6, 6.07) is 5.12. The molecule has 1 aromatic rings. The maximum atomic E-state index is 12.8. The van der Waals surface area contributed by atoms with Gasteiger partial charge in [-0.2, -0.15) is 0 Å². The van der Waals surface area contributed by atoms with Crippen molar-refractivity contribution < 1.29 is 29.0 Å². The minimum absolute atomic E-state index is 0.00112.